The Morgan fingerprint density at radius 1 is 1.50 bits per heavy atom. The molecule has 2 rings (SSSR count). The third-order valence-electron chi connectivity index (χ3n) is 3.34. The van der Waals surface area contributed by atoms with Crippen LogP contribution < -0.4 is 0 Å². The Morgan fingerprint density at radius 3 is 2.89 bits per heavy atom. The minimum Gasteiger partial charge on any atom is -0.389 e. The van der Waals surface area contributed by atoms with Crippen LogP contribution in [0.25, 0.3) is 0 Å². The maximum Gasteiger partial charge on any atom is 0.273 e. The molecule has 1 atom stereocenters. The van der Waals surface area contributed by atoms with Crippen LogP contribution in [0.2, 0.25) is 0 Å². The number of nitrogens with zero attached hydrogens (tertiary/aromatic N) is 2. The number of hydrogen-bond donors (Lipinski definition) is 1. The maximum absolute atomic E-state index is 10.9. The Kier molecular flexibility index (Phi) is 3.63. The molecule has 0 bridgehead atoms. The van der Waals surface area contributed by atoms with Crippen molar-refractivity contribution in [3.05, 3.63) is 39.9 Å². The van der Waals surface area contributed by atoms with E-state index in [1.54, 1.807) is 12.1 Å². The lowest BCUT2D eigenvalue weighted by Gasteiger charge is -2.36. The van der Waals surface area contributed by atoms with E-state index in [1.165, 1.54) is 6.07 Å². The topological polar surface area (TPSA) is 66.6 Å². The highest BCUT2D eigenvalue weighted by Gasteiger charge is 2.29. The Morgan fingerprint density at radius 2 is 2.22 bits per heavy atom. The molecule has 0 radical (unpaired) electrons. The molecular weight excluding hydrogens is 232 g/mol. The predicted molar refractivity (Wildman–Crippen MR) is 68.2 cm³/mol. The number of nitro benzene ring substituents is 1. The summed E-state index contributed by atoms with van der Waals surface area (Å²) in [7, 11) is 0. The first-order chi connectivity index (χ1) is 8.48. The fourth-order valence-corrected chi connectivity index (χ4v) is 2.52. The quantitative estimate of drug-likeness (QED) is 0.657. The molecule has 1 aliphatic heterocycles. The summed E-state index contributed by atoms with van der Waals surface area (Å²) in [6.45, 7) is 3.78. The molecule has 1 heterocycles. The summed E-state index contributed by atoms with van der Waals surface area (Å²) >= 11 is 0. The van der Waals surface area contributed by atoms with Gasteiger partial charge in [-0.2, -0.15) is 0 Å². The first-order valence-electron chi connectivity index (χ1n) is 6.15. The van der Waals surface area contributed by atoms with Crippen molar-refractivity contribution >= 4 is 5.69 Å². The second kappa shape index (κ2) is 5.04. The van der Waals surface area contributed by atoms with Crippen molar-refractivity contribution < 1.29 is 10.0 Å². The minimum atomic E-state index is -0.679. The summed E-state index contributed by atoms with van der Waals surface area (Å²) in [5.41, 5.74) is 0.185. The number of nitro groups is 1. The van der Waals surface area contributed by atoms with Crippen molar-refractivity contribution in [1.29, 1.82) is 0 Å². The highest BCUT2D eigenvalue weighted by molar-refractivity contribution is 5.39. The molecule has 1 aliphatic rings. The van der Waals surface area contributed by atoms with Crippen molar-refractivity contribution in [3.8, 4) is 0 Å². The molecule has 1 aromatic carbocycles. The van der Waals surface area contributed by atoms with Crippen LogP contribution in [0.3, 0.4) is 0 Å². The Labute approximate surface area is 106 Å². The summed E-state index contributed by atoms with van der Waals surface area (Å²) in [4.78, 5) is 12.7. The molecule has 18 heavy (non-hydrogen) atoms. The van der Waals surface area contributed by atoms with Crippen molar-refractivity contribution in [3.63, 3.8) is 0 Å². The standard InChI is InChI=1S/C13H18N2O3/c1-13(16)7-4-8-14(10-13)9-11-5-2-3-6-12(11)15(17)18/h2-3,5-6,16H,4,7-10H2,1H3. The monoisotopic (exact) mass is 250 g/mol. The molecule has 1 fully saturated rings. The second-order valence-corrected chi connectivity index (χ2v) is 5.20. The molecule has 0 aliphatic carbocycles. The largest absolute Gasteiger partial charge is 0.389 e. The second-order valence-electron chi connectivity index (χ2n) is 5.20. The Bertz CT molecular complexity index is 446. The van der Waals surface area contributed by atoms with E-state index in [0.717, 1.165) is 19.4 Å². The number of aliphatic hydroxyl groups is 1. The number of rotatable bonds is 3. The third kappa shape index (κ3) is 3.05. The van der Waals surface area contributed by atoms with Gasteiger partial charge in [0.25, 0.3) is 5.69 Å². The average Bonchev–Trinajstić information content (AvgIpc) is 2.28. The van der Waals surface area contributed by atoms with Crippen LogP contribution in [0.15, 0.2) is 24.3 Å². The molecule has 5 nitrogen and oxygen atoms in total. The van der Waals surface area contributed by atoms with Gasteiger partial charge in [0.05, 0.1) is 10.5 Å². The first-order valence-corrected chi connectivity index (χ1v) is 6.15. The van der Waals surface area contributed by atoms with Gasteiger partial charge in [0.2, 0.25) is 0 Å². The van der Waals surface area contributed by atoms with Gasteiger partial charge in [0.15, 0.2) is 0 Å². The molecule has 0 aromatic heterocycles. The van der Waals surface area contributed by atoms with Crippen LogP contribution >= 0.6 is 0 Å². The lowest BCUT2D eigenvalue weighted by Crippen LogP contribution is -2.45. The van der Waals surface area contributed by atoms with Crippen LogP contribution in [0.4, 0.5) is 5.69 Å². The molecule has 1 N–H and O–H groups in total. The number of piperidine rings is 1. The zero-order valence-corrected chi connectivity index (χ0v) is 10.5. The van der Waals surface area contributed by atoms with Gasteiger partial charge < -0.3 is 5.11 Å². The first kappa shape index (κ1) is 13.0. The molecular formula is C13H18N2O3. The Hall–Kier alpha value is -1.46. The molecule has 1 saturated heterocycles. The van der Waals surface area contributed by atoms with E-state index in [0.29, 0.717) is 18.7 Å². The van der Waals surface area contributed by atoms with E-state index in [9.17, 15) is 15.2 Å². The fraction of sp³-hybridized carbons (Fsp3) is 0.538. The molecule has 1 aromatic rings. The smallest absolute Gasteiger partial charge is 0.273 e. The van der Waals surface area contributed by atoms with Gasteiger partial charge in [0, 0.05) is 24.7 Å². The lowest BCUT2D eigenvalue weighted by molar-refractivity contribution is -0.385. The summed E-state index contributed by atoms with van der Waals surface area (Å²) < 4.78 is 0. The van der Waals surface area contributed by atoms with E-state index >= 15 is 0 Å². The van der Waals surface area contributed by atoms with E-state index in [1.807, 2.05) is 13.0 Å². The number of hydrogen-bond acceptors (Lipinski definition) is 4. The van der Waals surface area contributed by atoms with E-state index in [2.05, 4.69) is 4.90 Å². The highest BCUT2D eigenvalue weighted by atomic mass is 16.6. The zero-order valence-electron chi connectivity index (χ0n) is 10.5. The molecule has 0 saturated carbocycles. The summed E-state index contributed by atoms with van der Waals surface area (Å²) in [5.74, 6) is 0. The Balaban J connectivity index is 2.12. The van der Waals surface area contributed by atoms with Gasteiger partial charge in [-0.3, -0.25) is 15.0 Å². The summed E-state index contributed by atoms with van der Waals surface area (Å²) in [6.07, 6.45) is 1.72. The highest BCUT2D eigenvalue weighted by Crippen LogP contribution is 2.25. The normalized spacial score (nSPS) is 25.0. The van der Waals surface area contributed by atoms with Crippen LogP contribution in [0.5, 0.6) is 0 Å². The van der Waals surface area contributed by atoms with E-state index < -0.39 is 5.60 Å². The van der Waals surface area contributed by atoms with Crippen LogP contribution in [-0.2, 0) is 6.54 Å². The SMILES string of the molecule is CC1(O)CCCN(Cc2ccccc2[N+](=O)[O-])C1. The number of para-hydroxylation sites is 1. The van der Waals surface area contributed by atoms with Gasteiger partial charge in [-0.25, -0.2) is 0 Å². The van der Waals surface area contributed by atoms with E-state index in [4.69, 9.17) is 0 Å². The lowest BCUT2D eigenvalue weighted by atomic mass is 9.95. The number of benzene rings is 1. The van der Waals surface area contributed by atoms with Crippen molar-refractivity contribution in [2.24, 2.45) is 0 Å². The molecule has 5 heteroatoms. The number of likely N-dealkylation sites (tertiary alicyclic amines) is 1. The molecule has 98 valence electrons. The predicted octanol–water partition coefficient (Wildman–Crippen LogP) is 1.94. The minimum absolute atomic E-state index is 0.155. The molecule has 0 spiro atoms. The van der Waals surface area contributed by atoms with Gasteiger partial charge in [-0.1, -0.05) is 18.2 Å². The van der Waals surface area contributed by atoms with Gasteiger partial charge in [-0.05, 0) is 26.3 Å². The molecule has 1 unspecified atom stereocenters. The average molecular weight is 250 g/mol. The molecule has 0 amide bonds. The van der Waals surface area contributed by atoms with Gasteiger partial charge >= 0.3 is 0 Å². The van der Waals surface area contributed by atoms with Crippen LogP contribution in [0.1, 0.15) is 25.3 Å². The van der Waals surface area contributed by atoms with Crippen LogP contribution in [0, 0.1) is 10.1 Å². The third-order valence-corrected chi connectivity index (χ3v) is 3.34. The van der Waals surface area contributed by atoms with Gasteiger partial charge in [-0.15, -0.1) is 0 Å². The summed E-state index contributed by atoms with van der Waals surface area (Å²) in [6, 6.07) is 6.79. The van der Waals surface area contributed by atoms with E-state index in [-0.39, 0.29) is 10.6 Å². The van der Waals surface area contributed by atoms with Gasteiger partial charge in [0.1, 0.15) is 0 Å². The summed E-state index contributed by atoms with van der Waals surface area (Å²) in [5, 5.41) is 21.0. The van der Waals surface area contributed by atoms with Crippen molar-refractivity contribution in [2.45, 2.75) is 31.9 Å². The van der Waals surface area contributed by atoms with Crippen LogP contribution in [-0.4, -0.2) is 33.6 Å². The maximum atomic E-state index is 10.9. The number of β-amino-alcohol motifs (C(OH)–C–C–N with tert-alkyl or cyclic N) is 1. The fourth-order valence-electron chi connectivity index (χ4n) is 2.52. The van der Waals surface area contributed by atoms with Crippen molar-refractivity contribution in [1.82, 2.24) is 4.90 Å². The van der Waals surface area contributed by atoms with Crippen molar-refractivity contribution in [2.75, 3.05) is 13.1 Å². The zero-order chi connectivity index (χ0) is 13.2.